The van der Waals surface area contributed by atoms with Crippen LogP contribution in [0.2, 0.25) is 0 Å². The van der Waals surface area contributed by atoms with Crippen LogP contribution in [0.5, 0.6) is 5.75 Å². The molecule has 0 aromatic heterocycles. The van der Waals surface area contributed by atoms with Gasteiger partial charge in [-0.25, -0.2) is 12.7 Å². The second-order valence-corrected chi connectivity index (χ2v) is 13.3. The third-order valence-electron chi connectivity index (χ3n) is 8.33. The van der Waals surface area contributed by atoms with Crippen molar-refractivity contribution < 1.29 is 17.9 Å². The summed E-state index contributed by atoms with van der Waals surface area (Å²) in [5, 5.41) is 0. The van der Waals surface area contributed by atoms with Crippen LogP contribution in [0.3, 0.4) is 0 Å². The molecule has 0 amide bonds. The molecule has 7 nitrogen and oxygen atoms in total. The van der Waals surface area contributed by atoms with E-state index in [1.165, 1.54) is 49.6 Å². The zero-order chi connectivity index (χ0) is 26.5. The fraction of sp³-hybridized carbons (Fsp3) is 0.750. The van der Waals surface area contributed by atoms with Crippen molar-refractivity contribution >= 4 is 15.8 Å². The first-order valence-electron chi connectivity index (χ1n) is 13.5. The number of ketones is 1. The fourth-order valence-electron chi connectivity index (χ4n) is 6.02. The third kappa shape index (κ3) is 7.53. The third-order valence-corrected chi connectivity index (χ3v) is 10.5. The molecule has 1 aliphatic heterocycles. The molecule has 0 N–H and O–H groups in total. The number of methoxy groups -OCH3 is 1. The number of benzene rings is 1. The van der Waals surface area contributed by atoms with Gasteiger partial charge >= 0.3 is 0 Å². The second kappa shape index (κ2) is 12.9. The van der Waals surface area contributed by atoms with Crippen LogP contribution in [0.15, 0.2) is 17.0 Å². The zero-order valence-electron chi connectivity index (χ0n) is 23.3. The Morgan fingerprint density at radius 3 is 2.06 bits per heavy atom. The Morgan fingerprint density at radius 1 is 0.972 bits per heavy atom. The average Bonchev–Trinajstić information content (AvgIpc) is 2.83. The summed E-state index contributed by atoms with van der Waals surface area (Å²) >= 11 is 0. The Kier molecular flexibility index (Phi) is 10.4. The number of ether oxygens (including phenoxy) is 1. The molecule has 0 spiro atoms. The number of sulfonamides is 1. The number of likely N-dealkylation sites (tertiary alicyclic amines) is 1. The summed E-state index contributed by atoms with van der Waals surface area (Å²) in [4.78, 5) is 18.0. The fourth-order valence-corrected chi connectivity index (χ4v) is 7.59. The van der Waals surface area contributed by atoms with Gasteiger partial charge in [0.05, 0.1) is 12.0 Å². The molecule has 8 heteroatoms. The molecule has 36 heavy (non-hydrogen) atoms. The van der Waals surface area contributed by atoms with Gasteiger partial charge in [-0.2, -0.15) is 0 Å². The Labute approximate surface area is 219 Å². The Morgan fingerprint density at radius 2 is 1.53 bits per heavy atom. The van der Waals surface area contributed by atoms with Crippen molar-refractivity contribution in [2.45, 2.75) is 76.2 Å². The van der Waals surface area contributed by atoms with E-state index in [0.29, 0.717) is 34.1 Å². The van der Waals surface area contributed by atoms with Crippen molar-refractivity contribution in [3.8, 4) is 5.75 Å². The van der Waals surface area contributed by atoms with Gasteiger partial charge in [0.2, 0.25) is 10.0 Å². The van der Waals surface area contributed by atoms with Crippen LogP contribution in [-0.2, 0) is 14.8 Å². The molecule has 2 aliphatic rings. The number of carbonyl (C=O) groups excluding carboxylic acids is 1. The molecule has 0 bridgehead atoms. The van der Waals surface area contributed by atoms with Gasteiger partial charge < -0.3 is 14.5 Å². The molecule has 3 rings (SSSR count). The second-order valence-electron chi connectivity index (χ2n) is 11.3. The van der Waals surface area contributed by atoms with Crippen molar-refractivity contribution in [2.24, 2.45) is 11.8 Å². The molecular formula is C28H47N3O4S. The molecule has 1 aromatic rings. The molecule has 1 saturated carbocycles. The normalized spacial score (nSPS) is 22.3. The van der Waals surface area contributed by atoms with E-state index in [4.69, 9.17) is 4.74 Å². The lowest BCUT2D eigenvalue weighted by Gasteiger charge is -2.38. The maximum atomic E-state index is 13.2. The molecule has 1 aromatic carbocycles. The van der Waals surface area contributed by atoms with Crippen molar-refractivity contribution in [2.75, 3.05) is 54.4 Å². The largest absolute Gasteiger partial charge is 0.497 e. The van der Waals surface area contributed by atoms with E-state index in [1.54, 1.807) is 40.1 Å². The average molecular weight is 522 g/mol. The number of carbonyl (C=O) groups is 1. The first kappa shape index (κ1) is 29.1. The predicted molar refractivity (Wildman–Crippen MR) is 145 cm³/mol. The predicted octanol–water partition coefficient (Wildman–Crippen LogP) is 4.11. The van der Waals surface area contributed by atoms with Gasteiger partial charge in [-0.3, -0.25) is 4.79 Å². The van der Waals surface area contributed by atoms with Crippen molar-refractivity contribution in [1.29, 1.82) is 0 Å². The molecule has 0 unspecified atom stereocenters. The Hall–Kier alpha value is -1.48. The van der Waals surface area contributed by atoms with Gasteiger partial charge in [-0.15, -0.1) is 0 Å². The number of hydrogen-bond acceptors (Lipinski definition) is 6. The summed E-state index contributed by atoms with van der Waals surface area (Å²) in [5.74, 6) is 2.01. The summed E-state index contributed by atoms with van der Waals surface area (Å²) in [5.41, 5.74) is 1.31. The van der Waals surface area contributed by atoms with E-state index in [0.717, 1.165) is 24.8 Å². The minimum absolute atomic E-state index is 0.175. The van der Waals surface area contributed by atoms with Gasteiger partial charge in [-0.1, -0.05) is 0 Å². The standard InChI is InChI=1S/C28H47N3O4S/c1-21-17-27(35-6)18-22(2)28(21)36(33,34)30(5)14-13-26(32)19-23-7-9-24(10-8-23)20-31-15-11-25(12-16-31)29(3)4/h17-18,23-25H,7-16,19-20H2,1-6H3. The molecule has 1 saturated heterocycles. The van der Waals surface area contributed by atoms with Crippen molar-refractivity contribution in [1.82, 2.24) is 14.1 Å². The number of piperidine rings is 1. The van der Waals surface area contributed by atoms with Crippen LogP contribution in [-0.4, -0.2) is 88.8 Å². The maximum absolute atomic E-state index is 13.2. The highest BCUT2D eigenvalue weighted by Gasteiger charge is 2.29. The topological polar surface area (TPSA) is 70.2 Å². The minimum Gasteiger partial charge on any atom is -0.497 e. The molecule has 1 aliphatic carbocycles. The molecule has 1 heterocycles. The smallest absolute Gasteiger partial charge is 0.243 e. The summed E-state index contributed by atoms with van der Waals surface area (Å²) < 4.78 is 33.0. The van der Waals surface area contributed by atoms with Crippen LogP contribution < -0.4 is 4.74 Å². The quantitative estimate of drug-likeness (QED) is 0.436. The SMILES string of the molecule is COc1cc(C)c(S(=O)(=O)N(C)CCC(=O)CC2CCC(CN3CCC(N(C)C)CC3)CC2)c(C)c1. The van der Waals surface area contributed by atoms with Gasteiger partial charge in [0.25, 0.3) is 0 Å². The lowest BCUT2D eigenvalue weighted by atomic mass is 9.79. The molecule has 204 valence electrons. The zero-order valence-corrected chi connectivity index (χ0v) is 24.1. The van der Waals surface area contributed by atoms with E-state index in [1.807, 2.05) is 0 Å². The first-order chi connectivity index (χ1) is 17.0. The number of aryl methyl sites for hydroxylation is 2. The first-order valence-corrected chi connectivity index (χ1v) is 15.0. The molecule has 2 fully saturated rings. The van der Waals surface area contributed by atoms with Crippen molar-refractivity contribution in [3.05, 3.63) is 23.3 Å². The van der Waals surface area contributed by atoms with E-state index in [2.05, 4.69) is 23.9 Å². The minimum atomic E-state index is -3.67. The van der Waals surface area contributed by atoms with Crippen LogP contribution in [0.25, 0.3) is 0 Å². The molecule has 0 atom stereocenters. The molecular weight excluding hydrogens is 474 g/mol. The highest BCUT2D eigenvalue weighted by Crippen LogP contribution is 2.33. The van der Waals surface area contributed by atoms with Crippen LogP contribution >= 0.6 is 0 Å². The Bertz CT molecular complexity index is 956. The maximum Gasteiger partial charge on any atom is 0.243 e. The summed E-state index contributed by atoms with van der Waals surface area (Å²) in [6.45, 7) is 7.38. The number of nitrogens with zero attached hydrogens (tertiary/aromatic N) is 3. The number of rotatable bonds is 11. The molecule has 0 radical (unpaired) electrons. The lowest BCUT2D eigenvalue weighted by Crippen LogP contribution is -2.43. The van der Waals surface area contributed by atoms with Gasteiger partial charge in [0, 0.05) is 39.0 Å². The van der Waals surface area contributed by atoms with Crippen LogP contribution in [0.4, 0.5) is 0 Å². The highest BCUT2D eigenvalue weighted by molar-refractivity contribution is 7.89. The van der Waals surface area contributed by atoms with Gasteiger partial charge in [0.1, 0.15) is 11.5 Å². The number of Topliss-reactive ketones (excluding diaryl/α,β-unsaturated/α-hetero) is 1. The van der Waals surface area contributed by atoms with E-state index in [-0.39, 0.29) is 18.7 Å². The van der Waals surface area contributed by atoms with E-state index in [9.17, 15) is 13.2 Å². The Balaban J connectivity index is 1.41. The number of hydrogen-bond donors (Lipinski definition) is 0. The van der Waals surface area contributed by atoms with Crippen molar-refractivity contribution in [3.63, 3.8) is 0 Å². The summed E-state index contributed by atoms with van der Waals surface area (Å²) in [7, 11) is 3.84. The monoisotopic (exact) mass is 521 g/mol. The summed E-state index contributed by atoms with van der Waals surface area (Å²) in [6.07, 6.45) is 8.01. The highest BCUT2D eigenvalue weighted by atomic mass is 32.2. The lowest BCUT2D eigenvalue weighted by molar-refractivity contribution is -0.120. The summed E-state index contributed by atoms with van der Waals surface area (Å²) in [6, 6.07) is 4.20. The van der Waals surface area contributed by atoms with E-state index >= 15 is 0 Å². The van der Waals surface area contributed by atoms with Gasteiger partial charge in [-0.05, 0) is 115 Å². The van der Waals surface area contributed by atoms with Crippen LogP contribution in [0.1, 0.15) is 62.5 Å². The van der Waals surface area contributed by atoms with Crippen LogP contribution in [0, 0.1) is 25.7 Å². The van der Waals surface area contributed by atoms with E-state index < -0.39 is 10.0 Å². The van der Waals surface area contributed by atoms with Gasteiger partial charge in [0.15, 0.2) is 0 Å².